The number of nitrogens with zero attached hydrogens (tertiary/aromatic N) is 4. The highest BCUT2D eigenvalue weighted by molar-refractivity contribution is 5.79. The molecule has 1 aromatic heterocycles. The molecule has 24 heavy (non-hydrogen) atoms. The Hall–Kier alpha value is -2.28. The molecule has 1 atom stereocenters. The summed E-state index contributed by atoms with van der Waals surface area (Å²) in [5.74, 6) is 0.918. The summed E-state index contributed by atoms with van der Waals surface area (Å²) in [5, 5.41) is 11.5. The van der Waals surface area contributed by atoms with E-state index in [1.54, 1.807) is 11.6 Å². The van der Waals surface area contributed by atoms with Crippen LogP contribution in [-0.4, -0.2) is 32.7 Å². The zero-order valence-electron chi connectivity index (χ0n) is 13.9. The lowest BCUT2D eigenvalue weighted by Gasteiger charge is -2.18. The van der Waals surface area contributed by atoms with Gasteiger partial charge in [0.15, 0.2) is 0 Å². The van der Waals surface area contributed by atoms with Crippen LogP contribution >= 0.6 is 0 Å². The van der Waals surface area contributed by atoms with E-state index in [2.05, 4.69) is 21.0 Å². The van der Waals surface area contributed by atoms with Gasteiger partial charge in [-0.15, -0.1) is 5.10 Å². The standard InChI is InChI=1S/C17H23N5O2/c1-13-18-20-21-22(13)16(11-14-7-3-2-4-8-14)17(23)19-24-12-15-9-5-6-10-15/h2-4,7-8,15-16H,5-6,9-12H2,1H3,(H,19,23). The third-order valence-electron chi connectivity index (χ3n) is 4.49. The zero-order valence-corrected chi connectivity index (χ0v) is 13.9. The maximum absolute atomic E-state index is 12.6. The number of benzene rings is 1. The van der Waals surface area contributed by atoms with Gasteiger partial charge in [-0.05, 0) is 41.7 Å². The number of rotatable bonds is 7. The van der Waals surface area contributed by atoms with Crippen LogP contribution in [0.15, 0.2) is 30.3 Å². The van der Waals surface area contributed by atoms with Crippen LogP contribution in [0.25, 0.3) is 0 Å². The van der Waals surface area contributed by atoms with Gasteiger partial charge < -0.3 is 0 Å². The van der Waals surface area contributed by atoms with Crippen molar-refractivity contribution in [2.75, 3.05) is 6.61 Å². The molecule has 128 valence electrons. The van der Waals surface area contributed by atoms with Crippen LogP contribution in [0, 0.1) is 12.8 Å². The van der Waals surface area contributed by atoms with Gasteiger partial charge in [-0.25, -0.2) is 10.2 Å². The maximum Gasteiger partial charge on any atom is 0.268 e. The van der Waals surface area contributed by atoms with E-state index in [9.17, 15) is 4.79 Å². The van der Waals surface area contributed by atoms with Crippen LogP contribution < -0.4 is 5.48 Å². The minimum Gasteiger partial charge on any atom is -0.273 e. The highest BCUT2D eigenvalue weighted by Gasteiger charge is 2.25. The van der Waals surface area contributed by atoms with Crippen LogP contribution in [0.5, 0.6) is 0 Å². The number of tetrazole rings is 1. The largest absolute Gasteiger partial charge is 0.273 e. The molecular formula is C17H23N5O2. The molecule has 1 amide bonds. The average molecular weight is 329 g/mol. The van der Waals surface area contributed by atoms with Gasteiger partial charge in [-0.3, -0.25) is 9.63 Å². The van der Waals surface area contributed by atoms with Crippen LogP contribution in [-0.2, 0) is 16.1 Å². The lowest BCUT2D eigenvalue weighted by Crippen LogP contribution is -2.36. The SMILES string of the molecule is Cc1nnnn1C(Cc1ccccc1)C(=O)NOCC1CCCC1. The Balaban J connectivity index is 1.64. The van der Waals surface area contributed by atoms with E-state index in [1.807, 2.05) is 30.3 Å². The molecule has 0 radical (unpaired) electrons. The monoisotopic (exact) mass is 329 g/mol. The fraction of sp³-hybridized carbons (Fsp3) is 0.529. The van der Waals surface area contributed by atoms with Gasteiger partial charge in [0.2, 0.25) is 0 Å². The van der Waals surface area contributed by atoms with Crippen LogP contribution in [0.3, 0.4) is 0 Å². The van der Waals surface area contributed by atoms with E-state index in [0.717, 1.165) is 5.56 Å². The molecule has 0 bridgehead atoms. The first kappa shape index (κ1) is 16.6. The fourth-order valence-electron chi connectivity index (χ4n) is 3.13. The van der Waals surface area contributed by atoms with Crippen molar-refractivity contribution in [3.05, 3.63) is 41.7 Å². The number of carbonyl (C=O) groups excluding carboxylic acids is 1. The highest BCUT2D eigenvalue weighted by Crippen LogP contribution is 2.24. The topological polar surface area (TPSA) is 81.9 Å². The van der Waals surface area contributed by atoms with E-state index < -0.39 is 6.04 Å². The van der Waals surface area contributed by atoms with Crippen LogP contribution in [0.2, 0.25) is 0 Å². The van der Waals surface area contributed by atoms with Crippen LogP contribution in [0.4, 0.5) is 0 Å². The summed E-state index contributed by atoms with van der Waals surface area (Å²) in [7, 11) is 0. The Labute approximate surface area is 141 Å². The number of carbonyl (C=O) groups is 1. The third-order valence-corrected chi connectivity index (χ3v) is 4.49. The number of aromatic nitrogens is 4. The van der Waals surface area contributed by atoms with Crippen molar-refractivity contribution in [1.82, 2.24) is 25.7 Å². The average Bonchev–Trinajstić information content (AvgIpc) is 3.25. The molecule has 0 spiro atoms. The molecule has 1 aliphatic rings. The quantitative estimate of drug-likeness (QED) is 0.786. The maximum atomic E-state index is 12.6. The number of aryl methyl sites for hydroxylation is 1. The van der Waals surface area contributed by atoms with E-state index in [1.165, 1.54) is 25.7 Å². The number of hydrogen-bond acceptors (Lipinski definition) is 5. The molecule has 1 fully saturated rings. The van der Waals surface area contributed by atoms with E-state index in [0.29, 0.717) is 24.8 Å². The molecule has 7 heteroatoms. The fourth-order valence-corrected chi connectivity index (χ4v) is 3.13. The summed E-state index contributed by atoms with van der Waals surface area (Å²) in [6.45, 7) is 2.35. The second kappa shape index (κ2) is 8.01. The lowest BCUT2D eigenvalue weighted by atomic mass is 10.1. The first-order valence-electron chi connectivity index (χ1n) is 8.44. The number of hydrogen-bond donors (Lipinski definition) is 1. The van der Waals surface area contributed by atoms with Gasteiger partial charge in [-0.1, -0.05) is 43.2 Å². The second-order valence-corrected chi connectivity index (χ2v) is 6.30. The summed E-state index contributed by atoms with van der Waals surface area (Å²) < 4.78 is 1.54. The third kappa shape index (κ3) is 4.17. The predicted molar refractivity (Wildman–Crippen MR) is 87.8 cm³/mol. The molecule has 0 aliphatic heterocycles. The number of hydroxylamine groups is 1. The molecule has 1 saturated carbocycles. The van der Waals surface area contributed by atoms with Crippen molar-refractivity contribution < 1.29 is 9.63 Å². The van der Waals surface area contributed by atoms with Gasteiger partial charge in [0, 0.05) is 6.42 Å². The van der Waals surface area contributed by atoms with Gasteiger partial charge in [0.1, 0.15) is 11.9 Å². The molecule has 1 N–H and O–H groups in total. The van der Waals surface area contributed by atoms with Crippen molar-refractivity contribution in [1.29, 1.82) is 0 Å². The van der Waals surface area contributed by atoms with Gasteiger partial charge in [0.25, 0.3) is 5.91 Å². The Morgan fingerprint density at radius 3 is 2.75 bits per heavy atom. The van der Waals surface area contributed by atoms with Gasteiger partial charge >= 0.3 is 0 Å². The second-order valence-electron chi connectivity index (χ2n) is 6.30. The molecule has 3 rings (SSSR count). The van der Waals surface area contributed by atoms with E-state index in [-0.39, 0.29) is 5.91 Å². The molecular weight excluding hydrogens is 306 g/mol. The Morgan fingerprint density at radius 1 is 1.33 bits per heavy atom. The first-order valence-corrected chi connectivity index (χ1v) is 8.44. The highest BCUT2D eigenvalue weighted by atomic mass is 16.7. The summed E-state index contributed by atoms with van der Waals surface area (Å²) in [6, 6.07) is 9.29. The van der Waals surface area contributed by atoms with Gasteiger partial charge in [0.05, 0.1) is 6.61 Å². The predicted octanol–water partition coefficient (Wildman–Crippen LogP) is 2.00. The minimum atomic E-state index is -0.536. The normalized spacial score (nSPS) is 16.2. The molecule has 1 unspecified atom stereocenters. The van der Waals surface area contributed by atoms with Crippen molar-refractivity contribution in [2.45, 2.75) is 45.1 Å². The molecule has 0 saturated heterocycles. The Morgan fingerprint density at radius 2 is 2.08 bits per heavy atom. The Kier molecular flexibility index (Phi) is 5.53. The Bertz CT molecular complexity index is 652. The van der Waals surface area contributed by atoms with Crippen molar-refractivity contribution in [3.8, 4) is 0 Å². The van der Waals surface area contributed by atoms with Gasteiger partial charge in [-0.2, -0.15) is 0 Å². The minimum absolute atomic E-state index is 0.229. The number of nitrogens with one attached hydrogen (secondary N) is 1. The van der Waals surface area contributed by atoms with Crippen molar-refractivity contribution in [3.63, 3.8) is 0 Å². The van der Waals surface area contributed by atoms with Crippen LogP contribution in [0.1, 0.15) is 43.1 Å². The molecule has 2 aromatic rings. The molecule has 1 aliphatic carbocycles. The molecule has 1 aromatic carbocycles. The summed E-state index contributed by atoms with van der Waals surface area (Å²) >= 11 is 0. The zero-order chi connectivity index (χ0) is 16.8. The summed E-state index contributed by atoms with van der Waals surface area (Å²) in [5.41, 5.74) is 3.63. The summed E-state index contributed by atoms with van der Waals surface area (Å²) in [4.78, 5) is 18.1. The van der Waals surface area contributed by atoms with E-state index >= 15 is 0 Å². The molecule has 7 nitrogen and oxygen atoms in total. The lowest BCUT2D eigenvalue weighted by molar-refractivity contribution is -0.138. The van der Waals surface area contributed by atoms with Crippen molar-refractivity contribution >= 4 is 5.91 Å². The van der Waals surface area contributed by atoms with Crippen molar-refractivity contribution in [2.24, 2.45) is 5.92 Å². The smallest absolute Gasteiger partial charge is 0.268 e. The summed E-state index contributed by atoms with van der Waals surface area (Å²) in [6.07, 6.45) is 5.36. The molecule has 1 heterocycles. The first-order chi connectivity index (χ1) is 11.7. The van der Waals surface area contributed by atoms with E-state index in [4.69, 9.17) is 4.84 Å². The number of amides is 1.